The van der Waals surface area contributed by atoms with Gasteiger partial charge in [0.25, 0.3) is 5.91 Å². The number of aryl methyl sites for hydroxylation is 1. The molecule has 1 aliphatic heterocycles. The first-order chi connectivity index (χ1) is 13.3. The van der Waals surface area contributed by atoms with E-state index in [1.165, 1.54) is 16.8 Å². The molecule has 6 heteroatoms. The number of carbonyl (C=O) groups is 1. The van der Waals surface area contributed by atoms with Gasteiger partial charge in [-0.25, -0.2) is 0 Å². The molecule has 1 aromatic heterocycles. The maximum Gasteiger partial charge on any atom is 0.274 e. The third-order valence-corrected chi connectivity index (χ3v) is 6.53. The minimum atomic E-state index is 0.127. The largest absolute Gasteiger partial charge is 0.336 e. The molecule has 1 fully saturated rings. The molecule has 2 aromatic rings. The van der Waals surface area contributed by atoms with Gasteiger partial charge < -0.3 is 10.2 Å². The number of carbonyl (C=O) groups excluding carboxylic acids is 1. The Kier molecular flexibility index (Phi) is 5.83. The molecule has 1 saturated heterocycles. The summed E-state index contributed by atoms with van der Waals surface area (Å²) in [6.45, 7) is 5.49. The second-order valence-corrected chi connectivity index (χ2v) is 8.53. The smallest absolute Gasteiger partial charge is 0.274 e. The molecule has 0 saturated carbocycles. The van der Waals surface area contributed by atoms with Crippen LogP contribution in [0.1, 0.15) is 40.7 Å². The van der Waals surface area contributed by atoms with Crippen molar-refractivity contribution in [1.29, 1.82) is 0 Å². The molecule has 4 rings (SSSR count). The van der Waals surface area contributed by atoms with E-state index in [2.05, 4.69) is 41.2 Å². The zero-order valence-corrected chi connectivity index (χ0v) is 16.8. The Morgan fingerprint density at radius 2 is 2.04 bits per heavy atom. The number of thioether (sulfide) groups is 1. The van der Waals surface area contributed by atoms with Crippen LogP contribution >= 0.6 is 11.8 Å². The molecule has 2 aliphatic rings. The second-order valence-electron chi connectivity index (χ2n) is 7.30. The monoisotopic (exact) mass is 384 g/mol. The Morgan fingerprint density at radius 1 is 1.26 bits per heavy atom. The van der Waals surface area contributed by atoms with Gasteiger partial charge in [-0.2, -0.15) is 16.9 Å². The Balaban J connectivity index is 1.50. The molecule has 5 nitrogen and oxygen atoms in total. The molecule has 1 aliphatic carbocycles. The Bertz CT molecular complexity index is 783. The van der Waals surface area contributed by atoms with Crippen LogP contribution in [0.3, 0.4) is 0 Å². The van der Waals surface area contributed by atoms with Crippen LogP contribution in [0.5, 0.6) is 0 Å². The predicted octanol–water partition coefficient (Wildman–Crippen LogP) is 2.74. The third kappa shape index (κ3) is 4.06. The average Bonchev–Trinajstić information content (AvgIpc) is 3.11. The van der Waals surface area contributed by atoms with Crippen molar-refractivity contribution in [3.8, 4) is 0 Å². The fourth-order valence-electron chi connectivity index (χ4n) is 4.07. The van der Waals surface area contributed by atoms with Crippen molar-refractivity contribution in [3.05, 3.63) is 52.8 Å². The first-order valence-electron chi connectivity index (χ1n) is 9.99. The number of rotatable bonds is 5. The van der Waals surface area contributed by atoms with Crippen molar-refractivity contribution >= 4 is 17.7 Å². The normalized spacial score (nSPS) is 19.7. The molecule has 1 amide bonds. The first-order valence-corrected chi connectivity index (χ1v) is 11.1. The highest BCUT2D eigenvalue weighted by atomic mass is 32.2. The summed E-state index contributed by atoms with van der Waals surface area (Å²) in [6, 6.07) is 10.9. The van der Waals surface area contributed by atoms with E-state index in [1.807, 2.05) is 22.7 Å². The van der Waals surface area contributed by atoms with Crippen LogP contribution in [-0.2, 0) is 25.9 Å². The molecule has 2 heterocycles. The van der Waals surface area contributed by atoms with Gasteiger partial charge in [0.2, 0.25) is 0 Å². The molecule has 0 spiro atoms. The zero-order chi connectivity index (χ0) is 18.6. The van der Waals surface area contributed by atoms with Crippen molar-refractivity contribution in [1.82, 2.24) is 20.0 Å². The van der Waals surface area contributed by atoms with Gasteiger partial charge in [-0.15, -0.1) is 0 Å². The van der Waals surface area contributed by atoms with Crippen LogP contribution in [0.25, 0.3) is 0 Å². The molecule has 0 bridgehead atoms. The zero-order valence-electron chi connectivity index (χ0n) is 16.0. The van der Waals surface area contributed by atoms with E-state index in [1.54, 1.807) is 0 Å². The van der Waals surface area contributed by atoms with Crippen LogP contribution in [0.15, 0.2) is 30.3 Å². The summed E-state index contributed by atoms with van der Waals surface area (Å²) in [5.41, 5.74) is 4.45. The molecular formula is C21H28N4OS. The van der Waals surface area contributed by atoms with E-state index < -0.39 is 0 Å². The fourth-order valence-corrected chi connectivity index (χ4v) is 4.97. The second kappa shape index (κ2) is 8.48. The first kappa shape index (κ1) is 18.6. The van der Waals surface area contributed by atoms with Gasteiger partial charge in [0.15, 0.2) is 5.69 Å². The minimum absolute atomic E-state index is 0.127. The summed E-state index contributed by atoms with van der Waals surface area (Å²) < 4.78 is 2.05. The molecule has 27 heavy (non-hydrogen) atoms. The van der Waals surface area contributed by atoms with E-state index in [4.69, 9.17) is 5.10 Å². The number of aromatic nitrogens is 2. The van der Waals surface area contributed by atoms with Crippen molar-refractivity contribution in [2.45, 2.75) is 45.3 Å². The summed E-state index contributed by atoms with van der Waals surface area (Å²) in [5, 5.41) is 8.42. The van der Waals surface area contributed by atoms with Crippen LogP contribution in [0, 0.1) is 0 Å². The van der Waals surface area contributed by atoms with Gasteiger partial charge in [0.05, 0.1) is 0 Å². The standard InChI is InChI=1S/C21H28N4OS/c1-2-25-19-9-8-17(22-15-16-6-4-3-5-7-16)14-18(19)20(23-25)21(26)24-10-12-27-13-11-24/h3-7,17,22H,2,8-15H2,1H3. The number of hydrogen-bond acceptors (Lipinski definition) is 4. The lowest BCUT2D eigenvalue weighted by Crippen LogP contribution is -2.39. The predicted molar refractivity (Wildman–Crippen MR) is 110 cm³/mol. The van der Waals surface area contributed by atoms with Crippen LogP contribution in [0.4, 0.5) is 0 Å². The van der Waals surface area contributed by atoms with Crippen LogP contribution in [-0.4, -0.2) is 51.2 Å². The average molecular weight is 385 g/mol. The van der Waals surface area contributed by atoms with Crippen molar-refractivity contribution in [3.63, 3.8) is 0 Å². The van der Waals surface area contributed by atoms with Gasteiger partial charge in [0.1, 0.15) is 0 Å². The summed E-state index contributed by atoms with van der Waals surface area (Å²) in [5.74, 6) is 2.19. The van der Waals surface area contributed by atoms with E-state index in [-0.39, 0.29) is 5.91 Å². The molecule has 1 unspecified atom stereocenters. The quantitative estimate of drug-likeness (QED) is 0.861. The van der Waals surface area contributed by atoms with Crippen molar-refractivity contribution < 1.29 is 4.79 Å². The number of nitrogens with one attached hydrogen (secondary N) is 1. The maximum atomic E-state index is 13.1. The molecule has 144 valence electrons. The number of hydrogen-bond donors (Lipinski definition) is 1. The number of amides is 1. The SMILES string of the molecule is CCn1nc(C(=O)N2CCSCC2)c2c1CCC(NCc1ccccc1)C2. The minimum Gasteiger partial charge on any atom is -0.336 e. The van der Waals surface area contributed by atoms with Gasteiger partial charge >= 0.3 is 0 Å². The van der Waals surface area contributed by atoms with Gasteiger partial charge in [-0.05, 0) is 31.7 Å². The maximum absolute atomic E-state index is 13.1. The summed E-state index contributed by atoms with van der Waals surface area (Å²) in [4.78, 5) is 15.1. The number of nitrogens with zero attached hydrogens (tertiary/aromatic N) is 3. The number of benzene rings is 1. The highest BCUT2D eigenvalue weighted by molar-refractivity contribution is 7.99. The van der Waals surface area contributed by atoms with Crippen molar-refractivity contribution in [2.75, 3.05) is 24.6 Å². The molecule has 1 N–H and O–H groups in total. The third-order valence-electron chi connectivity index (χ3n) is 5.58. The van der Waals surface area contributed by atoms with Gasteiger partial charge in [-0.1, -0.05) is 30.3 Å². The Labute approximate surface area is 165 Å². The number of fused-ring (bicyclic) bond motifs is 1. The molecular weight excluding hydrogens is 356 g/mol. The fraction of sp³-hybridized carbons (Fsp3) is 0.524. The van der Waals surface area contributed by atoms with E-state index in [0.717, 1.165) is 56.9 Å². The molecule has 0 radical (unpaired) electrons. The van der Waals surface area contributed by atoms with Crippen LogP contribution < -0.4 is 5.32 Å². The summed E-state index contributed by atoms with van der Waals surface area (Å²) in [7, 11) is 0. The van der Waals surface area contributed by atoms with Crippen molar-refractivity contribution in [2.24, 2.45) is 0 Å². The highest BCUT2D eigenvalue weighted by Gasteiger charge is 2.31. The van der Waals surface area contributed by atoms with E-state index >= 15 is 0 Å². The van der Waals surface area contributed by atoms with Gasteiger partial charge in [0, 0.05) is 55.0 Å². The lowest BCUT2D eigenvalue weighted by atomic mass is 9.91. The van der Waals surface area contributed by atoms with E-state index in [9.17, 15) is 4.79 Å². The topological polar surface area (TPSA) is 50.2 Å². The Morgan fingerprint density at radius 3 is 2.78 bits per heavy atom. The molecule has 1 aromatic carbocycles. The Hall–Kier alpha value is -1.79. The van der Waals surface area contributed by atoms with Crippen LogP contribution in [0.2, 0.25) is 0 Å². The van der Waals surface area contributed by atoms with Gasteiger partial charge in [-0.3, -0.25) is 9.48 Å². The summed E-state index contributed by atoms with van der Waals surface area (Å²) in [6.07, 6.45) is 2.98. The lowest BCUT2D eigenvalue weighted by Gasteiger charge is -2.27. The lowest BCUT2D eigenvalue weighted by molar-refractivity contribution is 0.0764. The van der Waals surface area contributed by atoms with E-state index in [0.29, 0.717) is 11.7 Å². The molecule has 1 atom stereocenters. The summed E-state index contributed by atoms with van der Waals surface area (Å²) >= 11 is 1.93. The highest BCUT2D eigenvalue weighted by Crippen LogP contribution is 2.27.